The van der Waals surface area contributed by atoms with Crippen molar-refractivity contribution in [3.8, 4) is 0 Å². The molecule has 0 bridgehead atoms. The van der Waals surface area contributed by atoms with Gasteiger partial charge in [-0.1, -0.05) is 31.9 Å². The maximum absolute atomic E-state index is 12.2. The first-order valence-electron chi connectivity index (χ1n) is 10.1. The third-order valence-corrected chi connectivity index (χ3v) is 5.99. The summed E-state index contributed by atoms with van der Waals surface area (Å²) < 4.78 is 4.99. The number of anilines is 1. The number of rotatable bonds is 6. The van der Waals surface area contributed by atoms with Crippen LogP contribution >= 0.6 is 11.3 Å². The maximum atomic E-state index is 12.2. The number of nitrogens with one attached hydrogen (secondary N) is 3. The van der Waals surface area contributed by atoms with Crippen molar-refractivity contribution in [1.29, 1.82) is 0 Å². The van der Waals surface area contributed by atoms with Crippen LogP contribution in [0.3, 0.4) is 0 Å². The zero-order valence-electron chi connectivity index (χ0n) is 17.2. The molecular weight excluding hydrogens is 418 g/mol. The van der Waals surface area contributed by atoms with E-state index in [1.807, 2.05) is 0 Å². The van der Waals surface area contributed by atoms with Crippen molar-refractivity contribution >= 4 is 40.8 Å². The summed E-state index contributed by atoms with van der Waals surface area (Å²) >= 11 is 1.31. The Morgan fingerprint density at radius 1 is 1.10 bits per heavy atom. The highest BCUT2D eigenvalue weighted by Gasteiger charge is 2.23. The highest BCUT2D eigenvalue weighted by molar-refractivity contribution is 7.12. The lowest BCUT2D eigenvalue weighted by Gasteiger charge is -2.29. The van der Waals surface area contributed by atoms with Gasteiger partial charge < -0.3 is 15.4 Å². The van der Waals surface area contributed by atoms with E-state index >= 15 is 0 Å². The van der Waals surface area contributed by atoms with Crippen LogP contribution in [-0.2, 0) is 9.53 Å². The molecule has 164 valence electrons. The van der Waals surface area contributed by atoms with Crippen LogP contribution in [0.1, 0.15) is 52.6 Å². The first-order chi connectivity index (χ1) is 14.9. The van der Waals surface area contributed by atoms with Gasteiger partial charge in [-0.05, 0) is 48.4 Å². The van der Waals surface area contributed by atoms with E-state index in [-0.39, 0.29) is 17.5 Å². The van der Waals surface area contributed by atoms with Gasteiger partial charge in [0.05, 0.1) is 10.4 Å². The van der Waals surface area contributed by atoms with Gasteiger partial charge in [-0.3, -0.25) is 14.9 Å². The molecule has 2 unspecified atom stereocenters. The van der Waals surface area contributed by atoms with Crippen molar-refractivity contribution in [1.82, 2.24) is 10.6 Å². The van der Waals surface area contributed by atoms with E-state index in [2.05, 4.69) is 22.9 Å². The van der Waals surface area contributed by atoms with Crippen LogP contribution in [0.5, 0.6) is 0 Å². The van der Waals surface area contributed by atoms with Crippen molar-refractivity contribution < 1.29 is 23.9 Å². The van der Waals surface area contributed by atoms with Gasteiger partial charge in [-0.15, -0.1) is 11.3 Å². The number of amides is 4. The number of hydrogen-bond acceptors (Lipinski definition) is 6. The summed E-state index contributed by atoms with van der Waals surface area (Å²) in [7, 11) is 0. The van der Waals surface area contributed by atoms with Crippen molar-refractivity contribution in [3.05, 3.63) is 52.2 Å². The Kier molecular flexibility index (Phi) is 7.77. The zero-order chi connectivity index (χ0) is 22.2. The molecule has 2 atom stereocenters. The van der Waals surface area contributed by atoms with Crippen molar-refractivity contribution in [3.63, 3.8) is 0 Å². The van der Waals surface area contributed by atoms with Gasteiger partial charge in [0.25, 0.3) is 11.8 Å². The number of carbonyl (C=O) groups is 4. The average Bonchev–Trinajstić information content (AvgIpc) is 3.29. The molecule has 0 spiro atoms. The second-order valence-corrected chi connectivity index (χ2v) is 8.43. The zero-order valence-corrected chi connectivity index (χ0v) is 18.0. The molecule has 9 heteroatoms. The number of benzene rings is 1. The molecule has 1 saturated carbocycles. The molecule has 31 heavy (non-hydrogen) atoms. The predicted molar refractivity (Wildman–Crippen MR) is 117 cm³/mol. The van der Waals surface area contributed by atoms with Gasteiger partial charge in [0.15, 0.2) is 6.61 Å². The van der Waals surface area contributed by atoms with Gasteiger partial charge in [0.1, 0.15) is 0 Å². The minimum atomic E-state index is -0.733. The highest BCUT2D eigenvalue weighted by atomic mass is 32.1. The number of urea groups is 1. The van der Waals surface area contributed by atoms with E-state index in [0.29, 0.717) is 16.5 Å². The summed E-state index contributed by atoms with van der Waals surface area (Å²) in [6.07, 6.45) is 4.13. The molecule has 3 N–H and O–H groups in total. The minimum absolute atomic E-state index is 0.0382. The second kappa shape index (κ2) is 10.7. The highest BCUT2D eigenvalue weighted by Crippen LogP contribution is 2.23. The Morgan fingerprint density at radius 2 is 1.90 bits per heavy atom. The first-order valence-corrected chi connectivity index (χ1v) is 11.0. The van der Waals surface area contributed by atoms with Crippen LogP contribution in [0.15, 0.2) is 41.8 Å². The van der Waals surface area contributed by atoms with Crippen LogP contribution < -0.4 is 16.0 Å². The van der Waals surface area contributed by atoms with E-state index in [9.17, 15) is 19.2 Å². The summed E-state index contributed by atoms with van der Waals surface area (Å²) in [4.78, 5) is 48.9. The molecule has 1 aliphatic rings. The largest absolute Gasteiger partial charge is 0.452 e. The van der Waals surface area contributed by atoms with Gasteiger partial charge in [0, 0.05) is 11.7 Å². The number of thiophene rings is 1. The summed E-state index contributed by atoms with van der Waals surface area (Å²) in [6, 6.07) is 9.14. The van der Waals surface area contributed by atoms with E-state index in [1.54, 1.807) is 29.6 Å². The van der Waals surface area contributed by atoms with Gasteiger partial charge in [-0.2, -0.15) is 0 Å². The molecular formula is C22H25N3O5S. The van der Waals surface area contributed by atoms with Crippen molar-refractivity contribution in [2.45, 2.75) is 38.6 Å². The van der Waals surface area contributed by atoms with E-state index < -0.39 is 24.5 Å². The van der Waals surface area contributed by atoms with Crippen molar-refractivity contribution in [2.24, 2.45) is 5.92 Å². The Morgan fingerprint density at radius 3 is 2.65 bits per heavy atom. The lowest BCUT2D eigenvalue weighted by molar-refractivity contribution is -0.123. The second-order valence-electron chi connectivity index (χ2n) is 7.48. The Labute approximate surface area is 184 Å². The van der Waals surface area contributed by atoms with Crippen LogP contribution in [0.25, 0.3) is 0 Å². The first kappa shape index (κ1) is 22.5. The number of hydrogen-bond donors (Lipinski definition) is 3. The molecule has 2 aromatic rings. The molecule has 1 aliphatic carbocycles. The van der Waals surface area contributed by atoms with E-state index in [1.165, 1.54) is 23.5 Å². The average molecular weight is 444 g/mol. The van der Waals surface area contributed by atoms with Crippen LogP contribution in [0, 0.1) is 5.92 Å². The molecule has 0 radical (unpaired) electrons. The molecule has 1 aromatic heterocycles. The molecule has 0 saturated heterocycles. The van der Waals surface area contributed by atoms with E-state index in [4.69, 9.17) is 4.74 Å². The topological polar surface area (TPSA) is 114 Å². The molecule has 1 heterocycles. The molecule has 3 rings (SSSR count). The normalized spacial score (nSPS) is 18.0. The van der Waals surface area contributed by atoms with Crippen LogP contribution in [0.4, 0.5) is 10.5 Å². The molecule has 4 amide bonds. The maximum Gasteiger partial charge on any atom is 0.338 e. The fourth-order valence-electron chi connectivity index (χ4n) is 3.44. The third-order valence-electron chi connectivity index (χ3n) is 5.12. The lowest BCUT2D eigenvalue weighted by atomic mass is 9.86. The fourth-order valence-corrected chi connectivity index (χ4v) is 4.06. The molecule has 0 aliphatic heterocycles. The number of esters is 1. The molecule has 1 aromatic carbocycles. The Bertz CT molecular complexity index is 944. The number of carbonyl (C=O) groups excluding carboxylic acids is 4. The summed E-state index contributed by atoms with van der Waals surface area (Å²) in [5.74, 6) is -1.36. The quantitative estimate of drug-likeness (QED) is 0.591. The SMILES string of the molecule is CC1CCCCC1NC(=O)NC(=O)COC(=O)c1cccc(NC(=O)c2cccs2)c1. The number of imide groups is 1. The number of ether oxygens (including phenoxy) is 1. The van der Waals surface area contributed by atoms with Crippen LogP contribution in [0.2, 0.25) is 0 Å². The summed E-state index contributed by atoms with van der Waals surface area (Å²) in [6.45, 7) is 1.49. The summed E-state index contributed by atoms with van der Waals surface area (Å²) in [5, 5.41) is 9.49. The Hall–Kier alpha value is -3.20. The van der Waals surface area contributed by atoms with Gasteiger partial charge in [0.2, 0.25) is 0 Å². The monoisotopic (exact) mass is 443 g/mol. The molecule has 1 fully saturated rings. The van der Waals surface area contributed by atoms with Gasteiger partial charge >= 0.3 is 12.0 Å². The molecule has 8 nitrogen and oxygen atoms in total. The predicted octanol–water partition coefficient (Wildman–Crippen LogP) is 3.56. The lowest BCUT2D eigenvalue weighted by Crippen LogP contribution is -2.48. The minimum Gasteiger partial charge on any atom is -0.452 e. The van der Waals surface area contributed by atoms with Crippen molar-refractivity contribution in [2.75, 3.05) is 11.9 Å². The standard InChI is InChI=1S/C22H25N3O5S/c1-14-6-2-3-9-17(14)24-22(29)25-19(26)13-30-21(28)15-7-4-8-16(12-15)23-20(27)18-10-5-11-31-18/h4-5,7-8,10-12,14,17H,2-3,6,9,13H2,1H3,(H,23,27)(H2,24,25,26,29). The Balaban J connectivity index is 1.46. The fraction of sp³-hybridized carbons (Fsp3) is 0.364. The summed E-state index contributed by atoms with van der Waals surface area (Å²) in [5.41, 5.74) is 0.607. The van der Waals surface area contributed by atoms with Gasteiger partial charge in [-0.25, -0.2) is 9.59 Å². The van der Waals surface area contributed by atoms with E-state index in [0.717, 1.165) is 25.7 Å². The van der Waals surface area contributed by atoms with Crippen LogP contribution in [-0.4, -0.2) is 36.5 Å². The third kappa shape index (κ3) is 6.65. The smallest absolute Gasteiger partial charge is 0.338 e.